The number of carbonyl (C=O) groups excluding carboxylic acids is 3. The van der Waals surface area contributed by atoms with E-state index in [0.29, 0.717) is 49.9 Å². The summed E-state index contributed by atoms with van der Waals surface area (Å²) >= 11 is 0. The van der Waals surface area contributed by atoms with Crippen LogP contribution in [0.15, 0.2) is 35.5 Å². The van der Waals surface area contributed by atoms with E-state index >= 15 is 0 Å². The van der Waals surface area contributed by atoms with E-state index in [9.17, 15) is 14.4 Å². The van der Waals surface area contributed by atoms with E-state index in [1.165, 1.54) is 10.5 Å². The van der Waals surface area contributed by atoms with Gasteiger partial charge in [-0.15, -0.1) is 0 Å². The molecule has 34 heavy (non-hydrogen) atoms. The molecule has 184 valence electrons. The Balaban J connectivity index is 1.60. The van der Waals surface area contributed by atoms with Crippen LogP contribution in [0, 0.1) is 5.92 Å². The first-order valence-electron chi connectivity index (χ1n) is 12.4. The Morgan fingerprint density at radius 2 is 1.74 bits per heavy atom. The van der Waals surface area contributed by atoms with Crippen LogP contribution >= 0.6 is 0 Å². The van der Waals surface area contributed by atoms with Crippen molar-refractivity contribution in [3.63, 3.8) is 0 Å². The molecule has 0 aromatic heterocycles. The van der Waals surface area contributed by atoms with Gasteiger partial charge in [0.1, 0.15) is 0 Å². The van der Waals surface area contributed by atoms with E-state index < -0.39 is 12.0 Å². The van der Waals surface area contributed by atoms with Gasteiger partial charge in [-0.25, -0.2) is 9.59 Å². The summed E-state index contributed by atoms with van der Waals surface area (Å²) in [5.74, 6) is 0.470. The summed E-state index contributed by atoms with van der Waals surface area (Å²) in [4.78, 5) is 44.2. The molecule has 1 aromatic carbocycles. The largest absolute Gasteiger partial charge is 0.463 e. The Labute approximate surface area is 201 Å². The number of rotatable bonds is 7. The molecular formula is C26H36N4O4. The molecule has 3 aliphatic rings. The van der Waals surface area contributed by atoms with Crippen LogP contribution in [0.5, 0.6) is 0 Å². The zero-order valence-corrected chi connectivity index (χ0v) is 20.7. The first-order chi connectivity index (χ1) is 16.3. The summed E-state index contributed by atoms with van der Waals surface area (Å²) in [6.07, 6.45) is 2.02. The summed E-state index contributed by atoms with van der Waals surface area (Å²) < 4.78 is 5.43. The van der Waals surface area contributed by atoms with Crippen LogP contribution in [0.2, 0.25) is 0 Å². The molecule has 2 fully saturated rings. The summed E-state index contributed by atoms with van der Waals surface area (Å²) in [6.45, 7) is 9.52. The minimum Gasteiger partial charge on any atom is -0.463 e. The van der Waals surface area contributed by atoms with Gasteiger partial charge in [-0.3, -0.25) is 14.6 Å². The fraction of sp³-hybridized carbons (Fsp3) is 0.577. The topological polar surface area (TPSA) is 82.2 Å². The summed E-state index contributed by atoms with van der Waals surface area (Å²) in [5, 5.41) is 2.99. The maximum Gasteiger partial charge on any atom is 0.338 e. The lowest BCUT2D eigenvalue weighted by Crippen LogP contribution is -2.53. The maximum atomic E-state index is 13.2. The zero-order valence-electron chi connectivity index (χ0n) is 20.7. The molecule has 8 nitrogen and oxygen atoms in total. The van der Waals surface area contributed by atoms with Crippen molar-refractivity contribution >= 4 is 17.9 Å². The second-order valence-corrected chi connectivity index (χ2v) is 9.72. The fourth-order valence-corrected chi connectivity index (χ4v) is 4.65. The fourth-order valence-electron chi connectivity index (χ4n) is 4.65. The Morgan fingerprint density at radius 3 is 2.29 bits per heavy atom. The predicted molar refractivity (Wildman–Crippen MR) is 129 cm³/mol. The molecule has 1 unspecified atom stereocenters. The molecule has 0 radical (unpaired) electrons. The van der Waals surface area contributed by atoms with Crippen molar-refractivity contribution in [2.24, 2.45) is 5.92 Å². The van der Waals surface area contributed by atoms with Gasteiger partial charge < -0.3 is 15.0 Å². The van der Waals surface area contributed by atoms with E-state index in [0.717, 1.165) is 18.4 Å². The van der Waals surface area contributed by atoms with Crippen molar-refractivity contribution in [2.45, 2.75) is 45.6 Å². The number of hydrogen-bond donors (Lipinski definition) is 1. The summed E-state index contributed by atoms with van der Waals surface area (Å²) in [6, 6.07) is 7.22. The highest BCUT2D eigenvalue weighted by Crippen LogP contribution is 2.33. The first-order valence-corrected chi connectivity index (χ1v) is 12.4. The number of nitrogens with zero attached hydrogens (tertiary/aromatic N) is 3. The zero-order chi connectivity index (χ0) is 24.4. The number of urea groups is 1. The van der Waals surface area contributed by atoms with Crippen molar-refractivity contribution in [3.8, 4) is 0 Å². The highest BCUT2D eigenvalue weighted by Gasteiger charge is 2.38. The molecule has 2 aliphatic heterocycles. The van der Waals surface area contributed by atoms with Crippen LogP contribution in [0.1, 0.15) is 56.7 Å². The first kappa shape index (κ1) is 24.3. The number of nitrogens with one attached hydrogen (secondary N) is 1. The van der Waals surface area contributed by atoms with Crippen LogP contribution < -0.4 is 5.32 Å². The molecule has 1 saturated carbocycles. The molecule has 1 atom stereocenters. The highest BCUT2D eigenvalue weighted by atomic mass is 16.5. The number of benzene rings is 1. The minimum atomic E-state index is -0.573. The van der Waals surface area contributed by atoms with E-state index in [-0.39, 0.29) is 24.5 Å². The quantitative estimate of drug-likeness (QED) is 0.623. The van der Waals surface area contributed by atoms with Crippen LogP contribution in [0.4, 0.5) is 4.79 Å². The maximum absolute atomic E-state index is 13.2. The Hall–Kier alpha value is -2.87. The number of amides is 3. The van der Waals surface area contributed by atoms with E-state index in [2.05, 4.69) is 24.1 Å². The second-order valence-electron chi connectivity index (χ2n) is 9.72. The van der Waals surface area contributed by atoms with Crippen molar-refractivity contribution in [2.75, 3.05) is 46.4 Å². The van der Waals surface area contributed by atoms with Crippen LogP contribution in [-0.2, 0) is 14.3 Å². The Kier molecular flexibility index (Phi) is 7.26. The normalized spacial score (nSPS) is 21.7. The predicted octanol–water partition coefficient (Wildman–Crippen LogP) is 2.88. The molecule has 3 amide bonds. The number of likely N-dealkylation sites (N-methyl/N-ethyl adjacent to an activating group) is 1. The van der Waals surface area contributed by atoms with Gasteiger partial charge in [0.05, 0.1) is 18.2 Å². The number of ether oxygens (including phenoxy) is 1. The SMILES string of the molecule is CCOC(=O)C1=C(CN2CCN(C(=O)C3CC3)CC2)N(C)C(=O)NC1c1ccc(C(C)C)cc1. The third-order valence-corrected chi connectivity index (χ3v) is 6.99. The number of carbonyl (C=O) groups is 3. The van der Waals surface area contributed by atoms with E-state index in [1.54, 1.807) is 14.0 Å². The molecule has 0 bridgehead atoms. The summed E-state index contributed by atoms with van der Waals surface area (Å²) in [7, 11) is 1.69. The Morgan fingerprint density at radius 1 is 1.09 bits per heavy atom. The highest BCUT2D eigenvalue weighted by molar-refractivity contribution is 5.95. The summed E-state index contributed by atoms with van der Waals surface area (Å²) in [5.41, 5.74) is 3.18. The van der Waals surface area contributed by atoms with E-state index in [4.69, 9.17) is 4.74 Å². The standard InChI is InChI=1S/C26H36N4O4/c1-5-34-25(32)22-21(16-29-12-14-30(15-13-29)24(31)20-10-11-20)28(4)26(33)27-23(22)19-8-6-18(7-9-19)17(2)3/h6-9,17,20,23H,5,10-16H2,1-4H3,(H,27,33). The smallest absolute Gasteiger partial charge is 0.338 e. The van der Waals surface area contributed by atoms with Crippen LogP contribution in [-0.4, -0.2) is 79.0 Å². The lowest BCUT2D eigenvalue weighted by Gasteiger charge is -2.39. The molecule has 1 aromatic rings. The van der Waals surface area contributed by atoms with Crippen LogP contribution in [0.25, 0.3) is 0 Å². The molecule has 1 N–H and O–H groups in total. The number of esters is 1. The molecule has 8 heteroatoms. The average Bonchev–Trinajstić information content (AvgIpc) is 3.67. The monoisotopic (exact) mass is 468 g/mol. The van der Waals surface area contributed by atoms with Gasteiger partial charge in [0, 0.05) is 51.4 Å². The molecule has 0 spiro atoms. The molecule has 4 rings (SSSR count). The van der Waals surface area contributed by atoms with Crippen LogP contribution in [0.3, 0.4) is 0 Å². The van der Waals surface area contributed by atoms with Gasteiger partial charge in [0.15, 0.2) is 0 Å². The third-order valence-electron chi connectivity index (χ3n) is 6.99. The Bertz CT molecular complexity index is 960. The van der Waals surface area contributed by atoms with Crippen molar-refractivity contribution in [1.82, 2.24) is 20.0 Å². The van der Waals surface area contributed by atoms with Gasteiger partial charge in [-0.2, -0.15) is 0 Å². The van der Waals surface area contributed by atoms with Gasteiger partial charge in [-0.1, -0.05) is 38.1 Å². The van der Waals surface area contributed by atoms with Crippen molar-refractivity contribution in [1.29, 1.82) is 0 Å². The lowest BCUT2D eigenvalue weighted by atomic mass is 9.92. The van der Waals surface area contributed by atoms with Gasteiger partial charge >= 0.3 is 12.0 Å². The van der Waals surface area contributed by atoms with Crippen molar-refractivity contribution in [3.05, 3.63) is 46.7 Å². The van der Waals surface area contributed by atoms with Gasteiger partial charge in [0.25, 0.3) is 0 Å². The lowest BCUT2D eigenvalue weighted by molar-refractivity contribution is -0.139. The number of hydrogen-bond acceptors (Lipinski definition) is 5. The minimum absolute atomic E-state index is 0.223. The van der Waals surface area contributed by atoms with Gasteiger partial charge in [-0.05, 0) is 36.8 Å². The average molecular weight is 469 g/mol. The third kappa shape index (κ3) is 5.12. The van der Waals surface area contributed by atoms with Gasteiger partial charge in [0.2, 0.25) is 5.91 Å². The second kappa shape index (κ2) is 10.2. The van der Waals surface area contributed by atoms with Crippen molar-refractivity contribution < 1.29 is 19.1 Å². The molecule has 1 aliphatic carbocycles. The molecular weight excluding hydrogens is 432 g/mol. The molecule has 1 saturated heterocycles. The van der Waals surface area contributed by atoms with E-state index in [1.807, 2.05) is 29.2 Å². The number of piperazine rings is 1. The molecule has 2 heterocycles.